The molecule has 7 nitrogen and oxygen atoms in total. The lowest BCUT2D eigenvalue weighted by molar-refractivity contribution is -0.132. The zero-order chi connectivity index (χ0) is 17.7. The maximum absolute atomic E-state index is 12.5. The number of hydrogen-bond acceptors (Lipinski definition) is 4. The molecule has 2 rings (SSSR count). The number of carbonyl (C=O) groups is 3. The van der Waals surface area contributed by atoms with Gasteiger partial charge in [0.05, 0.1) is 12.8 Å². The van der Waals surface area contributed by atoms with Crippen molar-refractivity contribution < 1.29 is 19.1 Å². The van der Waals surface area contributed by atoms with Crippen LogP contribution in [0.25, 0.3) is 0 Å². The average Bonchev–Trinajstić information content (AvgIpc) is 2.54. The summed E-state index contributed by atoms with van der Waals surface area (Å²) in [6, 6.07) is 5.07. The third-order valence-electron chi connectivity index (χ3n) is 4.09. The smallest absolute Gasteiger partial charge is 0.227 e. The van der Waals surface area contributed by atoms with Crippen LogP contribution >= 0.6 is 0 Å². The lowest BCUT2D eigenvalue weighted by Crippen LogP contribution is -2.40. The molecule has 7 heteroatoms. The fourth-order valence-corrected chi connectivity index (χ4v) is 2.78. The summed E-state index contributed by atoms with van der Waals surface area (Å²) < 4.78 is 5.26. The van der Waals surface area contributed by atoms with Crippen molar-refractivity contribution in [3.63, 3.8) is 0 Å². The van der Waals surface area contributed by atoms with Crippen molar-refractivity contribution in [2.45, 2.75) is 26.7 Å². The van der Waals surface area contributed by atoms with Gasteiger partial charge in [0.25, 0.3) is 0 Å². The van der Waals surface area contributed by atoms with Crippen molar-refractivity contribution in [3.8, 4) is 5.75 Å². The van der Waals surface area contributed by atoms with Gasteiger partial charge in [0.1, 0.15) is 5.75 Å². The van der Waals surface area contributed by atoms with E-state index in [1.807, 2.05) is 0 Å². The van der Waals surface area contributed by atoms with E-state index in [1.165, 1.54) is 14.0 Å². The molecule has 24 heavy (non-hydrogen) atoms. The summed E-state index contributed by atoms with van der Waals surface area (Å²) in [7, 11) is 1.52. The lowest BCUT2D eigenvalue weighted by Gasteiger charge is -2.30. The van der Waals surface area contributed by atoms with E-state index in [2.05, 4.69) is 10.6 Å². The molecule has 1 aliphatic rings. The molecule has 0 spiro atoms. The van der Waals surface area contributed by atoms with Crippen molar-refractivity contribution in [3.05, 3.63) is 18.2 Å². The Bertz CT molecular complexity index is 637. The second kappa shape index (κ2) is 7.81. The lowest BCUT2D eigenvalue weighted by atomic mass is 9.95. The Morgan fingerprint density at radius 2 is 1.79 bits per heavy atom. The van der Waals surface area contributed by atoms with E-state index in [0.29, 0.717) is 43.1 Å². The Balaban J connectivity index is 2.05. The number of likely N-dealkylation sites (tertiary alicyclic amines) is 1. The van der Waals surface area contributed by atoms with Gasteiger partial charge in [0, 0.05) is 38.5 Å². The SMILES string of the molecule is COc1ccc(NC(C)=O)cc1NC(=O)C1CCN(C(C)=O)CC1. The van der Waals surface area contributed by atoms with Crippen LogP contribution in [0.5, 0.6) is 5.75 Å². The van der Waals surface area contributed by atoms with Crippen LogP contribution in [0.3, 0.4) is 0 Å². The Labute approximate surface area is 141 Å². The third kappa shape index (κ3) is 4.47. The fraction of sp³-hybridized carbons (Fsp3) is 0.471. The number of benzene rings is 1. The van der Waals surface area contributed by atoms with Crippen molar-refractivity contribution in [2.75, 3.05) is 30.8 Å². The standard InChI is InChI=1S/C17H23N3O4/c1-11(21)18-14-4-5-16(24-3)15(10-14)19-17(23)13-6-8-20(9-7-13)12(2)22/h4-5,10,13H,6-9H2,1-3H3,(H,18,21)(H,19,23). The fourth-order valence-electron chi connectivity index (χ4n) is 2.78. The number of anilines is 2. The van der Waals surface area contributed by atoms with E-state index < -0.39 is 0 Å². The zero-order valence-corrected chi connectivity index (χ0v) is 14.2. The highest BCUT2D eigenvalue weighted by Gasteiger charge is 2.26. The first kappa shape index (κ1) is 17.8. The molecule has 0 radical (unpaired) electrons. The first-order valence-electron chi connectivity index (χ1n) is 7.92. The molecule has 130 valence electrons. The van der Waals surface area contributed by atoms with Gasteiger partial charge in [-0.05, 0) is 31.0 Å². The molecule has 1 aromatic carbocycles. The molecule has 1 aromatic rings. The van der Waals surface area contributed by atoms with E-state index in [4.69, 9.17) is 4.74 Å². The van der Waals surface area contributed by atoms with Gasteiger partial charge in [-0.1, -0.05) is 0 Å². The molecule has 1 aliphatic heterocycles. The molecule has 0 atom stereocenters. The molecule has 3 amide bonds. The maximum Gasteiger partial charge on any atom is 0.227 e. The minimum absolute atomic E-state index is 0.0403. The van der Waals surface area contributed by atoms with Gasteiger partial charge in [-0.3, -0.25) is 14.4 Å². The molecule has 0 unspecified atom stereocenters. The molecule has 0 aromatic heterocycles. The largest absolute Gasteiger partial charge is 0.495 e. The molecule has 0 bridgehead atoms. The topological polar surface area (TPSA) is 87.7 Å². The van der Waals surface area contributed by atoms with E-state index >= 15 is 0 Å². The van der Waals surface area contributed by atoms with Crippen molar-refractivity contribution >= 4 is 29.1 Å². The van der Waals surface area contributed by atoms with Crippen LogP contribution in [0.15, 0.2) is 18.2 Å². The summed E-state index contributed by atoms with van der Waals surface area (Å²) in [5.41, 5.74) is 1.10. The highest BCUT2D eigenvalue weighted by Crippen LogP contribution is 2.29. The number of piperidine rings is 1. The predicted octanol–water partition coefficient (Wildman–Crippen LogP) is 1.85. The van der Waals surface area contributed by atoms with Crippen LogP contribution in [-0.4, -0.2) is 42.8 Å². The van der Waals surface area contributed by atoms with E-state index in [9.17, 15) is 14.4 Å². The van der Waals surface area contributed by atoms with Crippen LogP contribution in [0.1, 0.15) is 26.7 Å². The average molecular weight is 333 g/mol. The van der Waals surface area contributed by atoms with Crippen molar-refractivity contribution in [1.29, 1.82) is 0 Å². The molecule has 1 heterocycles. The number of hydrogen-bond donors (Lipinski definition) is 2. The van der Waals surface area contributed by atoms with Crippen molar-refractivity contribution in [2.24, 2.45) is 5.92 Å². The summed E-state index contributed by atoms with van der Waals surface area (Å²) >= 11 is 0. The van der Waals surface area contributed by atoms with Crippen LogP contribution < -0.4 is 15.4 Å². The first-order chi connectivity index (χ1) is 11.4. The van der Waals surface area contributed by atoms with Gasteiger partial charge in [-0.15, -0.1) is 0 Å². The quantitative estimate of drug-likeness (QED) is 0.880. The predicted molar refractivity (Wildman–Crippen MR) is 90.9 cm³/mol. The van der Waals surface area contributed by atoms with Crippen molar-refractivity contribution in [1.82, 2.24) is 4.90 Å². The van der Waals surface area contributed by atoms with Crippen LogP contribution in [0, 0.1) is 5.92 Å². The number of carbonyl (C=O) groups excluding carboxylic acids is 3. The molecule has 1 fully saturated rings. The van der Waals surface area contributed by atoms with E-state index in [0.717, 1.165) is 0 Å². The highest BCUT2D eigenvalue weighted by molar-refractivity contribution is 5.96. The molecule has 2 N–H and O–H groups in total. The third-order valence-corrected chi connectivity index (χ3v) is 4.09. The Morgan fingerprint density at radius 1 is 1.12 bits per heavy atom. The monoisotopic (exact) mass is 333 g/mol. The second-order valence-electron chi connectivity index (χ2n) is 5.87. The van der Waals surface area contributed by atoms with Gasteiger partial charge in [0.15, 0.2) is 0 Å². The Kier molecular flexibility index (Phi) is 5.78. The summed E-state index contributed by atoms with van der Waals surface area (Å²) in [6.07, 6.45) is 1.28. The summed E-state index contributed by atoms with van der Waals surface area (Å²) in [5.74, 6) is 0.136. The number of nitrogens with zero attached hydrogens (tertiary/aromatic N) is 1. The van der Waals surface area contributed by atoms with Gasteiger partial charge in [-0.25, -0.2) is 0 Å². The highest BCUT2D eigenvalue weighted by atomic mass is 16.5. The summed E-state index contributed by atoms with van der Waals surface area (Å²) in [4.78, 5) is 36.8. The van der Waals surface area contributed by atoms with Crippen LogP contribution in [-0.2, 0) is 14.4 Å². The molecule has 0 saturated carbocycles. The van der Waals surface area contributed by atoms with Crippen LogP contribution in [0.4, 0.5) is 11.4 Å². The number of methoxy groups -OCH3 is 1. The molecule has 1 saturated heterocycles. The molecular formula is C17H23N3O4. The first-order valence-corrected chi connectivity index (χ1v) is 7.92. The summed E-state index contributed by atoms with van der Waals surface area (Å²) in [6.45, 7) is 4.15. The number of amides is 3. The second-order valence-corrected chi connectivity index (χ2v) is 5.87. The Morgan fingerprint density at radius 3 is 2.33 bits per heavy atom. The van der Waals surface area contributed by atoms with Gasteiger partial charge in [-0.2, -0.15) is 0 Å². The number of ether oxygens (including phenoxy) is 1. The van der Waals surface area contributed by atoms with Crippen LogP contribution in [0.2, 0.25) is 0 Å². The van der Waals surface area contributed by atoms with Gasteiger partial charge >= 0.3 is 0 Å². The van der Waals surface area contributed by atoms with E-state index in [-0.39, 0.29) is 23.6 Å². The number of nitrogens with one attached hydrogen (secondary N) is 2. The minimum atomic E-state index is -0.186. The molecule has 0 aliphatic carbocycles. The zero-order valence-electron chi connectivity index (χ0n) is 14.2. The minimum Gasteiger partial charge on any atom is -0.495 e. The maximum atomic E-state index is 12.5. The van der Waals surface area contributed by atoms with Gasteiger partial charge < -0.3 is 20.3 Å². The van der Waals surface area contributed by atoms with E-state index in [1.54, 1.807) is 30.0 Å². The molecular weight excluding hydrogens is 310 g/mol. The number of rotatable bonds is 4. The normalized spacial score (nSPS) is 14.9. The Hall–Kier alpha value is -2.57. The van der Waals surface area contributed by atoms with Gasteiger partial charge in [0.2, 0.25) is 17.7 Å². The summed E-state index contributed by atoms with van der Waals surface area (Å²) in [5, 5.41) is 5.55.